The third-order valence-corrected chi connectivity index (χ3v) is 25.9. The van der Waals surface area contributed by atoms with Crippen molar-refractivity contribution in [2.45, 2.75) is 130 Å². The Labute approximate surface area is 869 Å². The molecule has 5 N–H and O–H groups in total. The van der Waals surface area contributed by atoms with Gasteiger partial charge in [-0.25, -0.2) is 18.5 Å². The van der Waals surface area contributed by atoms with Gasteiger partial charge in [-0.15, -0.1) is 5.06 Å². The van der Waals surface area contributed by atoms with E-state index in [1.807, 2.05) is 125 Å². The summed E-state index contributed by atoms with van der Waals surface area (Å²) >= 11 is 0. The van der Waals surface area contributed by atoms with Crippen molar-refractivity contribution in [3.05, 3.63) is 162 Å². The molecule has 29 nitrogen and oxygen atoms in total. The van der Waals surface area contributed by atoms with E-state index < -0.39 is 24.8 Å². The maximum Gasteiger partial charge on any atom is 0.373 e. The fraction of sp³-hybridized carbons (Fsp3) is 0.441. The molecule has 3 amide bonds. The van der Waals surface area contributed by atoms with E-state index in [1.54, 1.807) is 35.3 Å². The van der Waals surface area contributed by atoms with Gasteiger partial charge < -0.3 is 135 Å². The molecule has 0 spiro atoms. The van der Waals surface area contributed by atoms with Gasteiger partial charge in [-0.1, -0.05) is 19.3 Å². The van der Waals surface area contributed by atoms with Gasteiger partial charge in [-0.05, 0) is 158 Å². The normalized spacial score (nSPS) is 11.5. The van der Waals surface area contributed by atoms with Crippen LogP contribution in [0.15, 0.2) is 159 Å². The highest BCUT2D eigenvalue weighted by Crippen LogP contribution is 2.52. The van der Waals surface area contributed by atoms with Crippen molar-refractivity contribution in [3.8, 4) is 90.3 Å². The Morgan fingerprint density at radius 3 is 1.12 bits per heavy atom. The number of nitrogens with two attached hydrogens (primary N) is 1. The molecular formula is C111H151BCl3N15O14. The summed E-state index contributed by atoms with van der Waals surface area (Å²) in [5, 5.41) is 22.1. The molecule has 13 rings (SSSR count). The number of hydrogen-bond donors (Lipinski definition) is 4. The lowest BCUT2D eigenvalue weighted by Crippen LogP contribution is -3.00. The number of imide groups is 1. The van der Waals surface area contributed by atoms with Gasteiger partial charge in [0.1, 0.15) is 105 Å². The van der Waals surface area contributed by atoms with Crippen molar-refractivity contribution in [2.75, 3.05) is 239 Å². The number of carbonyl (C=O) groups excluding carboxylic acids is 5. The molecule has 33 heteroatoms. The molecule has 6 aromatic carbocycles. The monoisotopic (exact) mass is 2030 g/mol. The smallest absolute Gasteiger partial charge is 0.373 e. The second-order valence-electron chi connectivity index (χ2n) is 37.6. The van der Waals surface area contributed by atoms with Crippen LogP contribution < -0.4 is 141 Å². The quantitative estimate of drug-likeness (QED) is 0.00985. The van der Waals surface area contributed by atoms with Crippen molar-refractivity contribution in [1.29, 1.82) is 0 Å². The zero-order valence-corrected chi connectivity index (χ0v) is 91.2. The molecule has 0 atom stereocenters. The van der Waals surface area contributed by atoms with Gasteiger partial charge in [0.15, 0.2) is 0 Å². The number of nitrogens with zero attached hydrogens (tertiary/aromatic N) is 12. The van der Waals surface area contributed by atoms with Crippen molar-refractivity contribution in [2.24, 2.45) is 5.73 Å². The highest BCUT2D eigenvalue weighted by atomic mass is 35.5. The van der Waals surface area contributed by atoms with Gasteiger partial charge in [-0.3, -0.25) is 19.2 Å². The van der Waals surface area contributed by atoms with E-state index in [0.717, 1.165) is 270 Å². The van der Waals surface area contributed by atoms with Crippen molar-refractivity contribution in [1.82, 2.24) is 29.3 Å². The van der Waals surface area contributed by atoms with Gasteiger partial charge in [-0.2, -0.15) is 0 Å². The molecule has 3 aliphatic carbocycles. The minimum absolute atomic E-state index is 0. The second-order valence-corrected chi connectivity index (χ2v) is 37.6. The van der Waals surface area contributed by atoms with E-state index in [4.69, 9.17) is 42.8 Å². The first kappa shape index (κ1) is 117. The first-order chi connectivity index (χ1) is 67.6. The molecule has 1 saturated heterocycles. The van der Waals surface area contributed by atoms with Crippen LogP contribution in [0, 0.1) is 0 Å². The lowest BCUT2D eigenvalue weighted by molar-refractivity contribution is -0.197. The lowest BCUT2D eigenvalue weighted by Gasteiger charge is -2.30. The van der Waals surface area contributed by atoms with Gasteiger partial charge in [0.05, 0.1) is 75.1 Å². The number of amides is 3. The van der Waals surface area contributed by atoms with E-state index in [9.17, 15) is 29.0 Å². The molecule has 4 aliphatic heterocycles. The minimum atomic E-state index is -0.623. The van der Waals surface area contributed by atoms with E-state index in [-0.39, 0.29) is 62.4 Å². The van der Waals surface area contributed by atoms with Gasteiger partial charge in [0.25, 0.3) is 11.8 Å². The number of ether oxygens (including phenoxy) is 4. The average Bonchev–Trinajstić information content (AvgIpc) is 0.790. The molecule has 778 valence electrons. The van der Waals surface area contributed by atoms with Gasteiger partial charge in [0.2, 0.25) is 22.0 Å². The van der Waals surface area contributed by atoms with Crippen LogP contribution in [0.5, 0.6) is 23.0 Å². The summed E-state index contributed by atoms with van der Waals surface area (Å²) in [5.74, 6) is 4.09. The third-order valence-electron chi connectivity index (χ3n) is 25.9. The summed E-state index contributed by atoms with van der Waals surface area (Å²) in [4.78, 5) is 83.6. The predicted molar refractivity (Wildman–Crippen MR) is 578 cm³/mol. The van der Waals surface area contributed by atoms with Crippen LogP contribution >= 0.6 is 0 Å². The number of unbranched alkanes of at least 4 members (excludes halogenated alkanes) is 5. The van der Waals surface area contributed by atoms with Crippen molar-refractivity contribution >= 4 is 115 Å². The fourth-order valence-electron chi connectivity index (χ4n) is 18.0. The summed E-state index contributed by atoms with van der Waals surface area (Å²) in [5.41, 5.74) is 25.2. The molecule has 1 fully saturated rings. The zero-order chi connectivity index (χ0) is 102. The molecule has 0 aromatic heterocycles. The molecule has 4 heterocycles. The number of fused-ring (bicyclic) bond motifs is 6. The number of hydroxylamine groups is 2. The summed E-state index contributed by atoms with van der Waals surface area (Å²) in [6.45, 7) is 14.5. The number of carbonyl (C=O) groups is 5. The summed E-state index contributed by atoms with van der Waals surface area (Å²) in [6.07, 6.45) is 11.0. The lowest BCUT2D eigenvalue weighted by atomic mass is 9.89. The molecular weight excluding hydrogens is 1880 g/mol. The van der Waals surface area contributed by atoms with Gasteiger partial charge >= 0.3 is 13.0 Å². The summed E-state index contributed by atoms with van der Waals surface area (Å²) < 4.78 is 50.1. The maximum atomic E-state index is 12.6. The van der Waals surface area contributed by atoms with Gasteiger partial charge in [0, 0.05) is 293 Å². The molecule has 0 unspecified atom stereocenters. The van der Waals surface area contributed by atoms with Crippen LogP contribution in [0.3, 0.4) is 0 Å². The predicted octanol–water partition coefficient (Wildman–Crippen LogP) is 6.98. The minimum Gasteiger partial charge on any atom is -1.00 e. The largest absolute Gasteiger partial charge is 1.00 e. The Kier molecular flexibility index (Phi) is 44.6. The van der Waals surface area contributed by atoms with E-state index in [0.29, 0.717) is 67.7 Å². The Balaban J connectivity index is 0.000000261. The maximum absolute atomic E-state index is 12.6. The van der Waals surface area contributed by atoms with E-state index in [1.165, 1.54) is 0 Å². The number of halogens is 3. The van der Waals surface area contributed by atoms with E-state index in [2.05, 4.69) is 217 Å². The number of methoxy groups -OCH3 is 4. The highest BCUT2D eigenvalue weighted by molar-refractivity contribution is 6.45. The number of ketones is 1. The number of nitrogens with one attached hydrogen (secondary N) is 2. The summed E-state index contributed by atoms with van der Waals surface area (Å²) in [7, 11) is 38.9. The zero-order valence-electron chi connectivity index (χ0n) is 88.9. The first-order valence-corrected chi connectivity index (χ1v) is 49.4. The number of Topliss-reactive ketones (excluding diaryl/α,β-unsaturated/α-hetero) is 1. The standard InChI is InChI=1S/C38H55BN6O4.C38H54N5O3.C35H41N4O7.3ClH/c1-10-45(22-14-15-37(46)40-20-12-11-13-21-41-39(2)47)33-26-34(48-9)31(25-32(33)44(7)8)38-29-18-16-27(42(3)4)23-35(29)49-36-24-28(43(5)6)17-19-30(36)38;1-9-43(22-14-16-29(44)15-12-10-11-13-21-39)34-26-35(45-8)32(25-33(34)42(6)7)38-30-19-17-27(40(2)3)23-36(30)46-37-24-28(41(4)5)18-20-31(37)38;1-8-38(17-9-10-34(42)46-39-32(40)15-16-33(39)41)27-21-28(43-6)26(20-31(27)44-7)35-24-13-11-22(36(2)3)18-29(24)45-30-19-23(37(4)5)12-14-25(30)35;;;/h16-19,23-26,41,47H,10-15,20-22H2,1-9H3;17-20,23-26H,9-16,21-22,39H2,1-8H3;11-14,18-21H,8-10,15-17H2,1-7H3;3*1H/q;2*+1;;;/p-2. The van der Waals surface area contributed by atoms with Crippen LogP contribution in [-0.2, 0) is 28.8 Å². The molecule has 0 radical (unpaired) electrons. The topological polar surface area (TPSA) is 279 Å². The van der Waals surface area contributed by atoms with Crippen LogP contribution in [0.2, 0.25) is 6.82 Å². The number of anilines is 8. The van der Waals surface area contributed by atoms with Crippen LogP contribution in [-0.4, -0.2) is 247 Å². The average molecular weight is 2040 g/mol. The van der Waals surface area contributed by atoms with Crippen molar-refractivity contribution in [3.63, 3.8) is 0 Å². The van der Waals surface area contributed by atoms with Crippen molar-refractivity contribution < 1.29 is 103 Å². The Morgan fingerprint density at radius 1 is 0.403 bits per heavy atom. The highest BCUT2D eigenvalue weighted by Gasteiger charge is 2.34. The fourth-order valence-corrected chi connectivity index (χ4v) is 18.0. The van der Waals surface area contributed by atoms with Crippen LogP contribution in [0.1, 0.15) is 124 Å². The molecule has 7 aliphatic rings. The SMILES string of the molecule is CCN(CCCC(=O)CCCCCCN)c1cc(OC)c(-c2c3ccc(=[N+](C)C)cc-3oc3cc(N(C)C)ccc23)cc1N(C)C.CCN(CCCC(=O)NCCCCCNB(C)O)c1cc(OC)c(-c2c3ccc(=[N+](C)C)cc-3oc3cc(N(C)C)ccc23)cc1N(C)C.CCN(CCCC(=O)ON1C(=O)CCC1=O)c1cc(OC)c(-c2c3ccc(=[N+](C)C)cc-3oc3cc(N(C)C)ccc23)cc1OC.[Cl-].[Cl-].[Cl-]. The number of benzene rings is 9. The molecule has 6 aromatic rings. The number of rotatable bonds is 44. The molecule has 0 saturated carbocycles. The first-order valence-electron chi connectivity index (χ1n) is 49.4. The third kappa shape index (κ3) is 29.0. The Bertz CT molecular complexity index is 6490. The Hall–Kier alpha value is -12.4. The second kappa shape index (κ2) is 55.0. The van der Waals surface area contributed by atoms with Crippen LogP contribution in [0.25, 0.3) is 100 Å². The van der Waals surface area contributed by atoms with Crippen LogP contribution in [0.4, 0.5) is 45.5 Å². The Morgan fingerprint density at radius 2 is 0.757 bits per heavy atom. The molecule has 144 heavy (non-hydrogen) atoms. The summed E-state index contributed by atoms with van der Waals surface area (Å²) in [6, 6.07) is 50.6. The number of hydrogen-bond acceptors (Lipinski definition) is 24. The van der Waals surface area contributed by atoms with E-state index >= 15 is 0 Å². The molecule has 0 bridgehead atoms.